The largest absolute Gasteiger partial charge is 0.489 e. The molecular weight excluding hydrogens is 286 g/mol. The van der Waals surface area contributed by atoms with E-state index in [4.69, 9.17) is 15.3 Å². The molecule has 2 rings (SSSR count). The average Bonchev–Trinajstić information content (AvgIpc) is 2.54. The molecule has 0 atom stereocenters. The Morgan fingerprint density at radius 1 is 1.09 bits per heavy atom. The molecule has 0 unspecified atom stereocenters. The fourth-order valence-corrected chi connectivity index (χ4v) is 1.77. The van der Waals surface area contributed by atoms with Gasteiger partial charge in [0.05, 0.1) is 0 Å². The van der Waals surface area contributed by atoms with E-state index in [1.807, 2.05) is 0 Å². The van der Waals surface area contributed by atoms with E-state index in [1.54, 1.807) is 36.4 Å². The van der Waals surface area contributed by atoms with Gasteiger partial charge in [-0.1, -0.05) is 12.1 Å². The van der Waals surface area contributed by atoms with Gasteiger partial charge in [0.25, 0.3) is 0 Å². The van der Waals surface area contributed by atoms with Crippen LogP contribution in [0.15, 0.2) is 48.0 Å². The molecule has 22 heavy (non-hydrogen) atoms. The van der Waals surface area contributed by atoms with Crippen LogP contribution in [0.5, 0.6) is 5.75 Å². The van der Waals surface area contributed by atoms with Crippen molar-refractivity contribution in [2.45, 2.75) is 6.61 Å². The van der Waals surface area contributed by atoms with Crippen LogP contribution in [0.25, 0.3) is 6.08 Å². The molecule has 0 radical (unpaired) electrons. The number of hydrogen-bond acceptors (Lipinski definition) is 3. The summed E-state index contributed by atoms with van der Waals surface area (Å²) in [5, 5.41) is 17.4. The van der Waals surface area contributed by atoms with Crippen molar-refractivity contribution in [3.05, 3.63) is 70.8 Å². The Labute approximate surface area is 126 Å². The molecule has 0 aliphatic rings. The number of halogens is 2. The highest BCUT2D eigenvalue weighted by Crippen LogP contribution is 2.18. The van der Waals surface area contributed by atoms with Crippen molar-refractivity contribution in [2.75, 3.05) is 0 Å². The van der Waals surface area contributed by atoms with Crippen LogP contribution in [-0.2, 0) is 6.61 Å². The lowest BCUT2D eigenvalue weighted by molar-refractivity contribution is 0.299. The molecule has 0 aromatic heterocycles. The Bertz CT molecular complexity index is 785. The van der Waals surface area contributed by atoms with Gasteiger partial charge in [0, 0.05) is 5.56 Å². The first-order valence-corrected chi connectivity index (χ1v) is 6.31. The number of benzene rings is 2. The Kier molecular flexibility index (Phi) is 4.85. The molecule has 2 aromatic carbocycles. The van der Waals surface area contributed by atoms with E-state index in [1.165, 1.54) is 6.08 Å². The van der Waals surface area contributed by atoms with Crippen LogP contribution in [0.4, 0.5) is 8.78 Å². The third-order valence-corrected chi connectivity index (χ3v) is 2.81. The second-order valence-electron chi connectivity index (χ2n) is 4.38. The summed E-state index contributed by atoms with van der Waals surface area (Å²) < 4.78 is 32.0. The highest BCUT2D eigenvalue weighted by molar-refractivity contribution is 5.62. The number of nitrogens with zero attached hydrogens (tertiary/aromatic N) is 2. The lowest BCUT2D eigenvalue weighted by Crippen LogP contribution is -1.99. The maximum Gasteiger partial charge on any atom is 0.130 e. The predicted molar refractivity (Wildman–Crippen MR) is 76.3 cm³/mol. The Hall–Kier alpha value is -3.18. The van der Waals surface area contributed by atoms with Crippen molar-refractivity contribution in [3.8, 4) is 17.9 Å². The van der Waals surface area contributed by atoms with Crippen LogP contribution >= 0.6 is 0 Å². The van der Waals surface area contributed by atoms with Crippen LogP contribution in [0.3, 0.4) is 0 Å². The van der Waals surface area contributed by atoms with Gasteiger partial charge in [-0.2, -0.15) is 10.5 Å². The van der Waals surface area contributed by atoms with E-state index >= 15 is 0 Å². The number of ether oxygens (including phenoxy) is 1. The highest BCUT2D eigenvalue weighted by Gasteiger charge is 2.05. The lowest BCUT2D eigenvalue weighted by Gasteiger charge is -2.08. The Balaban J connectivity index is 2.15. The molecule has 0 amide bonds. The minimum Gasteiger partial charge on any atom is -0.489 e. The van der Waals surface area contributed by atoms with E-state index in [0.29, 0.717) is 11.3 Å². The second-order valence-corrected chi connectivity index (χ2v) is 4.38. The first kappa shape index (κ1) is 15.2. The number of rotatable bonds is 4. The fraction of sp³-hybridized carbons (Fsp3) is 0.0588. The van der Waals surface area contributed by atoms with Gasteiger partial charge in [-0.25, -0.2) is 8.78 Å². The van der Waals surface area contributed by atoms with Gasteiger partial charge in [0.15, 0.2) is 0 Å². The molecule has 0 bridgehead atoms. The van der Waals surface area contributed by atoms with Crippen molar-refractivity contribution in [1.29, 1.82) is 10.5 Å². The summed E-state index contributed by atoms with van der Waals surface area (Å²) in [6.07, 6.45) is 1.41. The van der Waals surface area contributed by atoms with Crippen LogP contribution in [0, 0.1) is 34.3 Å². The molecule has 3 nitrogen and oxygen atoms in total. The Morgan fingerprint density at radius 2 is 1.86 bits per heavy atom. The van der Waals surface area contributed by atoms with Crippen LogP contribution in [-0.4, -0.2) is 0 Å². The van der Waals surface area contributed by atoms with Crippen LogP contribution in [0.1, 0.15) is 11.1 Å². The smallest absolute Gasteiger partial charge is 0.130 e. The molecule has 0 fully saturated rings. The van der Waals surface area contributed by atoms with E-state index in [-0.39, 0.29) is 17.7 Å². The third-order valence-electron chi connectivity index (χ3n) is 2.81. The van der Waals surface area contributed by atoms with Gasteiger partial charge < -0.3 is 4.74 Å². The quantitative estimate of drug-likeness (QED) is 0.802. The van der Waals surface area contributed by atoms with Gasteiger partial charge in [-0.3, -0.25) is 0 Å². The standard InChI is InChI=1S/C17H10F2N2O/c18-15-4-5-17(19)14(8-15)11-22-16-3-1-2-12(7-16)6-13(9-20)10-21/h1-8H,11H2. The van der Waals surface area contributed by atoms with E-state index < -0.39 is 11.6 Å². The normalized spacial score (nSPS) is 9.45. The van der Waals surface area contributed by atoms with Crippen molar-refractivity contribution >= 4 is 6.08 Å². The summed E-state index contributed by atoms with van der Waals surface area (Å²) in [4.78, 5) is 0. The Morgan fingerprint density at radius 3 is 2.59 bits per heavy atom. The molecular formula is C17H10F2N2O. The monoisotopic (exact) mass is 296 g/mol. The van der Waals surface area contributed by atoms with E-state index in [2.05, 4.69) is 0 Å². The van der Waals surface area contributed by atoms with Crippen molar-refractivity contribution in [1.82, 2.24) is 0 Å². The zero-order chi connectivity index (χ0) is 15.9. The molecule has 0 aliphatic heterocycles. The summed E-state index contributed by atoms with van der Waals surface area (Å²) in [6.45, 7) is -0.125. The molecule has 0 heterocycles. The van der Waals surface area contributed by atoms with Crippen molar-refractivity contribution in [3.63, 3.8) is 0 Å². The molecule has 0 spiro atoms. The maximum absolute atomic E-state index is 13.5. The number of nitriles is 2. The SMILES string of the molecule is N#CC(C#N)=Cc1cccc(OCc2cc(F)ccc2F)c1. The second kappa shape index (κ2) is 7.01. The molecule has 108 valence electrons. The highest BCUT2D eigenvalue weighted by atomic mass is 19.1. The summed E-state index contributed by atoms with van der Waals surface area (Å²) in [5.74, 6) is -0.661. The van der Waals surface area contributed by atoms with Crippen LogP contribution < -0.4 is 4.74 Å². The lowest BCUT2D eigenvalue weighted by atomic mass is 10.1. The van der Waals surface area contributed by atoms with Gasteiger partial charge >= 0.3 is 0 Å². The average molecular weight is 296 g/mol. The van der Waals surface area contributed by atoms with Crippen molar-refractivity contribution < 1.29 is 13.5 Å². The first-order valence-electron chi connectivity index (χ1n) is 6.31. The summed E-state index contributed by atoms with van der Waals surface area (Å²) in [7, 11) is 0. The number of allylic oxidation sites excluding steroid dienone is 1. The summed E-state index contributed by atoms with van der Waals surface area (Å²) in [5.41, 5.74) is 0.680. The summed E-state index contributed by atoms with van der Waals surface area (Å²) >= 11 is 0. The fourth-order valence-electron chi connectivity index (χ4n) is 1.77. The molecule has 0 N–H and O–H groups in total. The molecule has 5 heteroatoms. The minimum absolute atomic E-state index is 0.0340. The predicted octanol–water partition coefficient (Wildman–Crippen LogP) is 3.97. The zero-order valence-corrected chi connectivity index (χ0v) is 11.4. The van der Waals surface area contributed by atoms with Gasteiger partial charge in [-0.05, 0) is 42.0 Å². The van der Waals surface area contributed by atoms with Crippen molar-refractivity contribution in [2.24, 2.45) is 0 Å². The molecule has 2 aromatic rings. The van der Waals surface area contributed by atoms with Crippen LogP contribution in [0.2, 0.25) is 0 Å². The van der Waals surface area contributed by atoms with E-state index in [0.717, 1.165) is 18.2 Å². The topological polar surface area (TPSA) is 56.8 Å². The molecule has 0 saturated heterocycles. The van der Waals surface area contributed by atoms with Gasteiger partial charge in [0.2, 0.25) is 0 Å². The van der Waals surface area contributed by atoms with E-state index in [9.17, 15) is 8.78 Å². The molecule has 0 saturated carbocycles. The zero-order valence-electron chi connectivity index (χ0n) is 11.4. The van der Waals surface area contributed by atoms with Gasteiger partial charge in [0.1, 0.15) is 41.7 Å². The maximum atomic E-state index is 13.5. The van der Waals surface area contributed by atoms with Gasteiger partial charge in [-0.15, -0.1) is 0 Å². The third kappa shape index (κ3) is 3.91. The minimum atomic E-state index is -0.548. The number of hydrogen-bond donors (Lipinski definition) is 0. The summed E-state index contributed by atoms with van der Waals surface area (Å²) in [6, 6.07) is 13.3. The first-order chi connectivity index (χ1) is 10.6. The molecule has 0 aliphatic carbocycles.